The molecule has 3 rings (SSSR count). The van der Waals surface area contributed by atoms with Gasteiger partial charge in [-0.2, -0.15) is 0 Å². The maximum absolute atomic E-state index is 13.6. The normalized spacial score (nSPS) is 17.7. The lowest BCUT2D eigenvalue weighted by atomic mass is 9.82. The summed E-state index contributed by atoms with van der Waals surface area (Å²) in [5.41, 5.74) is 5.36. The molecule has 1 aliphatic carbocycles. The minimum atomic E-state index is -1.47. The lowest BCUT2D eigenvalue weighted by molar-refractivity contribution is -0.123. The van der Waals surface area contributed by atoms with Crippen molar-refractivity contribution in [1.82, 2.24) is 0 Å². The van der Waals surface area contributed by atoms with E-state index >= 15 is 0 Å². The molecule has 0 N–H and O–H groups in total. The number of hydrogen-bond donors (Lipinski definition) is 0. The van der Waals surface area contributed by atoms with Crippen molar-refractivity contribution >= 4 is 25.8 Å². The fourth-order valence-electron chi connectivity index (χ4n) is 4.28. The molecule has 0 radical (unpaired) electrons. The van der Waals surface area contributed by atoms with Crippen molar-refractivity contribution in [2.75, 3.05) is 31.8 Å². The van der Waals surface area contributed by atoms with Crippen molar-refractivity contribution in [2.45, 2.75) is 59.2 Å². The molecule has 2 aromatic rings. The standard InChI is InChI=1S/C29H39NO5Si/c1-7-34-29(32)25-20-26(23-14-10-22(11-15-23)16-19-36(4,5)6)35-28(25)30(17-18-33-3)27(31)24-12-8-21(2)9-13-24/h10-11,14-15,20-21,24H,7-9,12-13,17-18H2,1-6H3/t21-,24-. The van der Waals surface area contributed by atoms with Gasteiger partial charge in [-0.25, -0.2) is 4.79 Å². The molecule has 36 heavy (non-hydrogen) atoms. The molecule has 0 atom stereocenters. The summed E-state index contributed by atoms with van der Waals surface area (Å²) in [6, 6.07) is 9.43. The van der Waals surface area contributed by atoms with Crippen LogP contribution in [0.15, 0.2) is 34.7 Å². The van der Waals surface area contributed by atoms with E-state index in [1.807, 2.05) is 24.3 Å². The zero-order chi connectivity index (χ0) is 26.3. The van der Waals surface area contributed by atoms with Gasteiger partial charge >= 0.3 is 5.97 Å². The number of benzene rings is 1. The van der Waals surface area contributed by atoms with Crippen molar-refractivity contribution in [3.05, 3.63) is 41.5 Å². The van der Waals surface area contributed by atoms with E-state index in [0.29, 0.717) is 24.8 Å². The summed E-state index contributed by atoms with van der Waals surface area (Å²) >= 11 is 0. The summed E-state index contributed by atoms with van der Waals surface area (Å²) < 4.78 is 16.8. The van der Waals surface area contributed by atoms with Crippen LogP contribution >= 0.6 is 0 Å². The first-order valence-electron chi connectivity index (χ1n) is 12.9. The third-order valence-electron chi connectivity index (χ3n) is 6.35. The fourth-order valence-corrected chi connectivity index (χ4v) is 4.80. The van der Waals surface area contributed by atoms with Gasteiger partial charge in [0.15, 0.2) is 0 Å². The number of anilines is 1. The van der Waals surface area contributed by atoms with Crippen molar-refractivity contribution in [1.29, 1.82) is 0 Å². The van der Waals surface area contributed by atoms with Crippen LogP contribution in [0.2, 0.25) is 19.6 Å². The maximum Gasteiger partial charge on any atom is 0.343 e. The Morgan fingerprint density at radius 3 is 2.36 bits per heavy atom. The number of esters is 1. The molecular weight excluding hydrogens is 470 g/mol. The molecule has 1 saturated carbocycles. The van der Waals surface area contributed by atoms with E-state index in [-0.39, 0.29) is 29.9 Å². The number of ether oxygens (including phenoxy) is 2. The Bertz CT molecular complexity index is 1100. The largest absolute Gasteiger partial charge is 0.462 e. The van der Waals surface area contributed by atoms with Crippen molar-refractivity contribution in [2.24, 2.45) is 11.8 Å². The number of carbonyl (C=O) groups excluding carboxylic acids is 2. The molecule has 1 aliphatic rings. The monoisotopic (exact) mass is 509 g/mol. The van der Waals surface area contributed by atoms with Crippen LogP contribution in [0.3, 0.4) is 0 Å². The molecule has 194 valence electrons. The Morgan fingerprint density at radius 2 is 1.78 bits per heavy atom. The molecule has 0 saturated heterocycles. The maximum atomic E-state index is 13.6. The second-order valence-electron chi connectivity index (χ2n) is 10.6. The average molecular weight is 510 g/mol. The number of rotatable bonds is 8. The van der Waals surface area contributed by atoms with E-state index in [9.17, 15) is 9.59 Å². The Morgan fingerprint density at radius 1 is 1.11 bits per heavy atom. The van der Waals surface area contributed by atoms with Crippen LogP contribution in [0.5, 0.6) is 0 Å². The van der Waals surface area contributed by atoms with Gasteiger partial charge in [0.1, 0.15) is 19.4 Å². The van der Waals surface area contributed by atoms with Gasteiger partial charge in [0, 0.05) is 30.2 Å². The molecule has 1 amide bonds. The molecule has 1 aromatic heterocycles. The number of amides is 1. The van der Waals surface area contributed by atoms with Gasteiger partial charge in [-0.1, -0.05) is 32.5 Å². The summed E-state index contributed by atoms with van der Waals surface area (Å²) in [6.45, 7) is 11.5. The van der Waals surface area contributed by atoms with E-state index in [1.165, 1.54) is 0 Å². The molecule has 6 nitrogen and oxygen atoms in total. The predicted octanol–water partition coefficient (Wildman–Crippen LogP) is 6.16. The van der Waals surface area contributed by atoms with Crippen molar-refractivity contribution in [3.8, 4) is 22.8 Å². The highest BCUT2D eigenvalue weighted by atomic mass is 28.3. The van der Waals surface area contributed by atoms with Crippen LogP contribution in [0, 0.1) is 23.3 Å². The van der Waals surface area contributed by atoms with Gasteiger partial charge in [0.2, 0.25) is 11.8 Å². The van der Waals surface area contributed by atoms with Gasteiger partial charge in [0.05, 0.1) is 19.8 Å². The molecule has 1 heterocycles. The van der Waals surface area contributed by atoms with E-state index in [1.54, 1.807) is 25.0 Å². The number of methoxy groups -OCH3 is 1. The highest BCUT2D eigenvalue weighted by Gasteiger charge is 2.33. The Labute approximate surface area is 216 Å². The first-order chi connectivity index (χ1) is 17.1. The van der Waals surface area contributed by atoms with Gasteiger partial charge in [-0.05, 0) is 62.8 Å². The quantitative estimate of drug-likeness (QED) is 0.242. The van der Waals surface area contributed by atoms with Gasteiger partial charge in [-0.15, -0.1) is 5.54 Å². The molecule has 0 aliphatic heterocycles. The predicted molar refractivity (Wildman–Crippen MR) is 146 cm³/mol. The summed E-state index contributed by atoms with van der Waals surface area (Å²) in [5.74, 6) is 3.99. The van der Waals surface area contributed by atoms with E-state index in [2.05, 4.69) is 38.0 Å². The first-order valence-corrected chi connectivity index (χ1v) is 16.4. The Balaban J connectivity index is 1.98. The van der Waals surface area contributed by atoms with E-state index in [4.69, 9.17) is 13.9 Å². The highest BCUT2D eigenvalue weighted by molar-refractivity contribution is 6.83. The lowest BCUT2D eigenvalue weighted by Crippen LogP contribution is -2.40. The van der Waals surface area contributed by atoms with Crippen LogP contribution in [0.1, 0.15) is 55.5 Å². The third kappa shape index (κ3) is 7.34. The summed E-state index contributed by atoms with van der Waals surface area (Å²) in [5, 5.41) is 0. The topological polar surface area (TPSA) is 69.0 Å². The number of nitrogens with zero attached hydrogens (tertiary/aromatic N) is 1. The summed E-state index contributed by atoms with van der Waals surface area (Å²) in [4.78, 5) is 28.1. The molecular formula is C29H39NO5Si. The third-order valence-corrected chi connectivity index (χ3v) is 7.23. The second-order valence-corrected chi connectivity index (χ2v) is 15.3. The van der Waals surface area contributed by atoms with Crippen LogP contribution in [0.4, 0.5) is 5.88 Å². The van der Waals surface area contributed by atoms with Gasteiger partial charge in [-0.3, -0.25) is 9.69 Å². The Kier molecular flexibility index (Phi) is 9.58. The van der Waals surface area contributed by atoms with Gasteiger partial charge < -0.3 is 13.9 Å². The van der Waals surface area contributed by atoms with Crippen LogP contribution in [-0.2, 0) is 14.3 Å². The van der Waals surface area contributed by atoms with E-state index in [0.717, 1.165) is 36.8 Å². The highest BCUT2D eigenvalue weighted by Crippen LogP contribution is 2.36. The zero-order valence-electron chi connectivity index (χ0n) is 22.5. The lowest BCUT2D eigenvalue weighted by Gasteiger charge is -2.30. The molecule has 0 bridgehead atoms. The smallest absolute Gasteiger partial charge is 0.343 e. The minimum absolute atomic E-state index is 0.0256. The van der Waals surface area contributed by atoms with Crippen LogP contribution < -0.4 is 4.90 Å². The fraction of sp³-hybridized carbons (Fsp3) is 0.517. The Hall–Kier alpha value is -2.82. The number of hydrogen-bond acceptors (Lipinski definition) is 5. The first kappa shape index (κ1) is 27.8. The molecule has 0 spiro atoms. The average Bonchev–Trinajstić information content (AvgIpc) is 3.29. The number of furan rings is 1. The minimum Gasteiger partial charge on any atom is -0.462 e. The zero-order valence-corrected chi connectivity index (χ0v) is 23.5. The summed E-state index contributed by atoms with van der Waals surface area (Å²) in [7, 11) is 0.121. The second kappa shape index (κ2) is 12.4. The van der Waals surface area contributed by atoms with Gasteiger partial charge in [0.25, 0.3) is 0 Å². The van der Waals surface area contributed by atoms with Crippen molar-refractivity contribution in [3.63, 3.8) is 0 Å². The van der Waals surface area contributed by atoms with E-state index < -0.39 is 14.0 Å². The molecule has 1 aromatic carbocycles. The molecule has 0 unspecified atom stereocenters. The number of carbonyl (C=O) groups is 2. The SMILES string of the molecule is CCOC(=O)c1cc(-c2ccc(C#C[Si](C)(C)C)cc2)oc1N(CCOC)C(=O)[C@H]1CC[C@H](C)CC1. The molecule has 7 heteroatoms. The van der Waals surface area contributed by atoms with Crippen LogP contribution in [0.25, 0.3) is 11.3 Å². The molecule has 1 fully saturated rings. The van der Waals surface area contributed by atoms with Crippen LogP contribution in [-0.4, -0.2) is 46.8 Å². The summed E-state index contributed by atoms with van der Waals surface area (Å²) in [6.07, 6.45) is 3.72. The van der Waals surface area contributed by atoms with Crippen molar-refractivity contribution < 1.29 is 23.5 Å².